The van der Waals surface area contributed by atoms with Gasteiger partial charge in [0, 0.05) is 12.6 Å². The van der Waals surface area contributed by atoms with Gasteiger partial charge in [0.05, 0.1) is 5.69 Å². The van der Waals surface area contributed by atoms with E-state index in [-0.39, 0.29) is 12.3 Å². The number of primary amides is 1. The number of carbonyl (C=O) groups excluding carboxylic acids is 2. The third-order valence-electron chi connectivity index (χ3n) is 1.48. The van der Waals surface area contributed by atoms with E-state index < -0.39 is 0 Å². The molecule has 0 aliphatic carbocycles. The highest BCUT2D eigenvalue weighted by Gasteiger charge is 1.93. The fourth-order valence-corrected chi connectivity index (χ4v) is 0.905. The standard InChI is InChI=1S/C9H10N2O2/c10-9(13)3-1-2-7-4-8(6-12)11-5-7/h1-2,4-6,11H,3H2,(H2,10,13). The van der Waals surface area contributed by atoms with Crippen LogP contribution >= 0.6 is 0 Å². The van der Waals surface area contributed by atoms with Crippen molar-refractivity contribution >= 4 is 18.3 Å². The minimum atomic E-state index is -0.373. The maximum Gasteiger partial charge on any atom is 0.221 e. The second kappa shape index (κ2) is 4.25. The predicted octanol–water partition coefficient (Wildman–Crippen LogP) is 0.716. The van der Waals surface area contributed by atoms with E-state index in [9.17, 15) is 9.59 Å². The number of hydrogen-bond donors (Lipinski definition) is 2. The molecule has 1 aromatic heterocycles. The van der Waals surface area contributed by atoms with Gasteiger partial charge in [-0.1, -0.05) is 12.2 Å². The molecule has 1 aromatic rings. The first-order chi connectivity index (χ1) is 6.22. The summed E-state index contributed by atoms with van der Waals surface area (Å²) in [6, 6.07) is 1.69. The minimum absolute atomic E-state index is 0.210. The van der Waals surface area contributed by atoms with Crippen LogP contribution in [0.1, 0.15) is 22.5 Å². The quantitative estimate of drug-likeness (QED) is 0.666. The second-order valence-electron chi connectivity index (χ2n) is 2.58. The molecule has 0 aliphatic rings. The van der Waals surface area contributed by atoms with Crippen LogP contribution in [-0.4, -0.2) is 17.2 Å². The van der Waals surface area contributed by atoms with Crippen molar-refractivity contribution in [2.24, 2.45) is 5.73 Å². The maximum atomic E-state index is 10.4. The summed E-state index contributed by atoms with van der Waals surface area (Å²) in [7, 11) is 0. The average Bonchev–Trinajstić information content (AvgIpc) is 2.52. The molecule has 4 heteroatoms. The van der Waals surface area contributed by atoms with Crippen molar-refractivity contribution in [3.63, 3.8) is 0 Å². The topological polar surface area (TPSA) is 76.0 Å². The molecule has 0 saturated heterocycles. The molecule has 0 aliphatic heterocycles. The van der Waals surface area contributed by atoms with E-state index in [1.54, 1.807) is 24.4 Å². The normalized spacial score (nSPS) is 10.5. The predicted molar refractivity (Wildman–Crippen MR) is 49.0 cm³/mol. The van der Waals surface area contributed by atoms with Crippen LogP contribution in [0.4, 0.5) is 0 Å². The summed E-state index contributed by atoms with van der Waals surface area (Å²) in [6.45, 7) is 0. The summed E-state index contributed by atoms with van der Waals surface area (Å²) < 4.78 is 0. The van der Waals surface area contributed by atoms with Gasteiger partial charge in [0.15, 0.2) is 6.29 Å². The molecule has 68 valence electrons. The van der Waals surface area contributed by atoms with Crippen molar-refractivity contribution < 1.29 is 9.59 Å². The van der Waals surface area contributed by atoms with Gasteiger partial charge in [-0.05, 0) is 11.6 Å². The van der Waals surface area contributed by atoms with Gasteiger partial charge in [-0.15, -0.1) is 0 Å². The molecule has 3 N–H and O–H groups in total. The molecule has 1 heterocycles. The zero-order valence-electron chi connectivity index (χ0n) is 6.99. The van der Waals surface area contributed by atoms with Crippen LogP contribution in [-0.2, 0) is 4.79 Å². The number of amides is 1. The zero-order chi connectivity index (χ0) is 9.68. The van der Waals surface area contributed by atoms with Gasteiger partial charge in [-0.3, -0.25) is 9.59 Å². The third-order valence-corrected chi connectivity index (χ3v) is 1.48. The van der Waals surface area contributed by atoms with Crippen molar-refractivity contribution in [1.82, 2.24) is 4.98 Å². The van der Waals surface area contributed by atoms with Gasteiger partial charge < -0.3 is 10.7 Å². The van der Waals surface area contributed by atoms with Gasteiger partial charge in [0.25, 0.3) is 0 Å². The summed E-state index contributed by atoms with van der Waals surface area (Å²) in [5.41, 5.74) is 6.30. The molecule has 0 unspecified atom stereocenters. The summed E-state index contributed by atoms with van der Waals surface area (Å²) in [5.74, 6) is -0.373. The van der Waals surface area contributed by atoms with E-state index in [2.05, 4.69) is 4.98 Å². The molecule has 0 atom stereocenters. The van der Waals surface area contributed by atoms with E-state index in [0.717, 1.165) is 11.8 Å². The molecule has 0 radical (unpaired) electrons. The number of hydrogen-bond acceptors (Lipinski definition) is 2. The van der Waals surface area contributed by atoms with Crippen LogP contribution in [0.25, 0.3) is 6.08 Å². The van der Waals surface area contributed by atoms with Crippen molar-refractivity contribution in [3.05, 3.63) is 29.6 Å². The smallest absolute Gasteiger partial charge is 0.221 e. The van der Waals surface area contributed by atoms with Crippen molar-refractivity contribution in [2.75, 3.05) is 0 Å². The van der Waals surface area contributed by atoms with Gasteiger partial charge in [0.1, 0.15) is 0 Å². The zero-order valence-corrected chi connectivity index (χ0v) is 6.99. The lowest BCUT2D eigenvalue weighted by Crippen LogP contribution is -2.07. The first kappa shape index (κ1) is 9.25. The summed E-state index contributed by atoms with van der Waals surface area (Å²) >= 11 is 0. The molecule has 4 nitrogen and oxygen atoms in total. The number of nitrogens with one attached hydrogen (secondary N) is 1. The monoisotopic (exact) mass is 178 g/mol. The molecule has 13 heavy (non-hydrogen) atoms. The lowest BCUT2D eigenvalue weighted by molar-refractivity contribution is -0.117. The maximum absolute atomic E-state index is 10.4. The van der Waals surface area contributed by atoms with Gasteiger partial charge in [-0.25, -0.2) is 0 Å². The molecule has 0 spiro atoms. The SMILES string of the molecule is NC(=O)CC=Cc1c[nH]c(C=O)c1. The van der Waals surface area contributed by atoms with Crippen LogP contribution in [0.15, 0.2) is 18.3 Å². The number of rotatable bonds is 4. The molecular formula is C9H10N2O2. The first-order valence-electron chi connectivity index (χ1n) is 3.81. The van der Waals surface area contributed by atoms with Crippen LogP contribution < -0.4 is 5.73 Å². The fraction of sp³-hybridized carbons (Fsp3) is 0.111. The Kier molecular flexibility index (Phi) is 3.03. The van der Waals surface area contributed by atoms with Crippen LogP contribution in [0.2, 0.25) is 0 Å². The van der Waals surface area contributed by atoms with Crippen LogP contribution in [0.3, 0.4) is 0 Å². The number of H-pyrrole nitrogens is 1. The molecule has 1 amide bonds. The Morgan fingerprint density at radius 3 is 2.92 bits per heavy atom. The number of aromatic nitrogens is 1. The molecule has 0 fully saturated rings. The highest BCUT2D eigenvalue weighted by Crippen LogP contribution is 2.03. The lowest BCUT2D eigenvalue weighted by Gasteiger charge is -1.83. The highest BCUT2D eigenvalue weighted by molar-refractivity contribution is 5.77. The Balaban J connectivity index is 2.58. The second-order valence-corrected chi connectivity index (χ2v) is 2.58. The van der Waals surface area contributed by atoms with Gasteiger partial charge >= 0.3 is 0 Å². The lowest BCUT2D eigenvalue weighted by atomic mass is 10.2. The van der Waals surface area contributed by atoms with E-state index in [4.69, 9.17) is 5.73 Å². The van der Waals surface area contributed by atoms with Gasteiger partial charge in [-0.2, -0.15) is 0 Å². The highest BCUT2D eigenvalue weighted by atomic mass is 16.1. The van der Waals surface area contributed by atoms with Crippen molar-refractivity contribution in [1.29, 1.82) is 0 Å². The van der Waals surface area contributed by atoms with E-state index in [0.29, 0.717) is 5.69 Å². The van der Waals surface area contributed by atoms with Crippen molar-refractivity contribution in [3.8, 4) is 0 Å². The number of aldehydes is 1. The Labute approximate surface area is 75.4 Å². The Morgan fingerprint density at radius 2 is 2.38 bits per heavy atom. The molecule has 0 bridgehead atoms. The Bertz CT molecular complexity index is 339. The first-order valence-corrected chi connectivity index (χ1v) is 3.81. The van der Waals surface area contributed by atoms with Crippen molar-refractivity contribution in [2.45, 2.75) is 6.42 Å². The number of nitrogens with two attached hydrogens (primary N) is 1. The molecular weight excluding hydrogens is 168 g/mol. The summed E-state index contributed by atoms with van der Waals surface area (Å²) in [6.07, 6.45) is 6.00. The third kappa shape index (κ3) is 2.94. The average molecular weight is 178 g/mol. The number of aromatic amines is 1. The van der Waals surface area contributed by atoms with E-state index >= 15 is 0 Å². The molecule has 0 aromatic carbocycles. The van der Waals surface area contributed by atoms with Crippen LogP contribution in [0.5, 0.6) is 0 Å². The summed E-state index contributed by atoms with van der Waals surface area (Å²) in [4.78, 5) is 23.4. The fourth-order valence-electron chi connectivity index (χ4n) is 0.905. The molecule has 0 saturated carbocycles. The van der Waals surface area contributed by atoms with Crippen LogP contribution in [0, 0.1) is 0 Å². The Hall–Kier alpha value is -1.84. The number of carbonyl (C=O) groups is 2. The van der Waals surface area contributed by atoms with E-state index in [1.807, 2.05) is 0 Å². The van der Waals surface area contributed by atoms with Gasteiger partial charge in [0.2, 0.25) is 5.91 Å². The Morgan fingerprint density at radius 1 is 1.62 bits per heavy atom. The van der Waals surface area contributed by atoms with E-state index in [1.165, 1.54) is 0 Å². The molecule has 1 rings (SSSR count). The largest absolute Gasteiger partial charge is 0.369 e. The summed E-state index contributed by atoms with van der Waals surface area (Å²) in [5, 5.41) is 0. The minimum Gasteiger partial charge on any atom is -0.369 e.